The number of ether oxygens (including phenoxy) is 1. The summed E-state index contributed by atoms with van der Waals surface area (Å²) in [5.74, 6) is -1.37. The average Bonchev–Trinajstić information content (AvgIpc) is 3.10. The van der Waals surface area contributed by atoms with E-state index in [1.807, 2.05) is 29.2 Å². The lowest BCUT2D eigenvalue weighted by Gasteiger charge is -2.39. The molecule has 1 unspecified atom stereocenters. The van der Waals surface area contributed by atoms with Crippen LogP contribution in [-0.2, 0) is 11.2 Å². The number of fused-ring (bicyclic) bond motifs is 3. The fraction of sp³-hybridized carbons (Fsp3) is 0.320. The van der Waals surface area contributed by atoms with Crippen molar-refractivity contribution in [3.63, 3.8) is 0 Å². The first-order valence-electron chi connectivity index (χ1n) is 10.5. The van der Waals surface area contributed by atoms with Gasteiger partial charge in [0.15, 0.2) is 0 Å². The number of aromatic nitrogens is 1. The predicted octanol–water partition coefficient (Wildman–Crippen LogP) is 5.11. The standard InChI is InChI=1S/C25H26F2N2O3/c1-25(2,27)14-29-11-10-17-16-6-4-5-7-19(16)28-23(17)24(29)22-18(26)12-15(8-9-21(30)31)13-20(22)32-3/h4-9,12-13,24,28H,10-11,14H2,1-3H3,(H,30,31)/b9-8+. The van der Waals surface area contributed by atoms with Crippen LogP contribution >= 0.6 is 0 Å². The van der Waals surface area contributed by atoms with Crippen molar-refractivity contribution in [1.29, 1.82) is 0 Å². The number of rotatable bonds is 6. The molecule has 32 heavy (non-hydrogen) atoms. The summed E-state index contributed by atoms with van der Waals surface area (Å²) in [7, 11) is 1.45. The lowest BCUT2D eigenvalue weighted by Crippen LogP contribution is -2.43. The zero-order valence-electron chi connectivity index (χ0n) is 18.3. The maximum absolute atomic E-state index is 15.6. The third-order valence-corrected chi connectivity index (χ3v) is 5.74. The Kier molecular flexibility index (Phi) is 5.77. The number of halogens is 2. The number of aromatic amines is 1. The van der Waals surface area contributed by atoms with Gasteiger partial charge in [-0.3, -0.25) is 4.90 Å². The molecule has 168 valence electrons. The summed E-state index contributed by atoms with van der Waals surface area (Å²) in [4.78, 5) is 16.2. The maximum Gasteiger partial charge on any atom is 0.328 e. The van der Waals surface area contributed by atoms with Crippen molar-refractivity contribution in [3.05, 3.63) is 70.7 Å². The monoisotopic (exact) mass is 440 g/mol. The van der Waals surface area contributed by atoms with Crippen molar-refractivity contribution in [2.24, 2.45) is 0 Å². The third-order valence-electron chi connectivity index (χ3n) is 5.74. The van der Waals surface area contributed by atoms with Gasteiger partial charge in [-0.05, 0) is 55.7 Å². The van der Waals surface area contributed by atoms with E-state index in [0.29, 0.717) is 17.7 Å². The number of nitrogens with zero attached hydrogens (tertiary/aromatic N) is 1. The highest BCUT2D eigenvalue weighted by atomic mass is 19.1. The molecule has 4 rings (SSSR count). The molecule has 1 aliphatic rings. The van der Waals surface area contributed by atoms with Gasteiger partial charge in [0.1, 0.15) is 17.2 Å². The molecule has 2 N–H and O–H groups in total. The molecule has 0 saturated carbocycles. The number of H-pyrrole nitrogens is 1. The number of methoxy groups -OCH3 is 1. The highest BCUT2D eigenvalue weighted by molar-refractivity contribution is 5.86. The van der Waals surface area contributed by atoms with Crippen LogP contribution in [0.4, 0.5) is 8.78 Å². The summed E-state index contributed by atoms with van der Waals surface area (Å²) < 4.78 is 35.8. The minimum Gasteiger partial charge on any atom is -0.496 e. The highest BCUT2D eigenvalue weighted by Gasteiger charge is 2.37. The molecule has 1 atom stereocenters. The Morgan fingerprint density at radius 2 is 2.09 bits per heavy atom. The first-order chi connectivity index (χ1) is 15.2. The van der Waals surface area contributed by atoms with Crippen LogP contribution in [0.15, 0.2) is 42.5 Å². The Labute approximate surface area is 185 Å². The number of carboxylic acids is 1. The Bertz CT molecular complexity index is 1190. The summed E-state index contributed by atoms with van der Waals surface area (Å²) in [6.45, 7) is 3.71. The van der Waals surface area contributed by atoms with E-state index in [1.54, 1.807) is 6.07 Å². The van der Waals surface area contributed by atoms with Crippen molar-refractivity contribution >= 4 is 22.9 Å². The molecule has 2 aromatic carbocycles. The van der Waals surface area contributed by atoms with Gasteiger partial charge in [0.05, 0.1) is 18.7 Å². The molecule has 0 radical (unpaired) electrons. The number of nitrogens with one attached hydrogen (secondary N) is 1. The van der Waals surface area contributed by atoms with E-state index in [-0.39, 0.29) is 12.3 Å². The fourth-order valence-electron chi connectivity index (χ4n) is 4.58. The molecule has 0 fully saturated rings. The first kappa shape index (κ1) is 22.0. The zero-order valence-corrected chi connectivity index (χ0v) is 18.3. The van der Waals surface area contributed by atoms with Gasteiger partial charge in [0.2, 0.25) is 0 Å². The van der Waals surface area contributed by atoms with E-state index in [1.165, 1.54) is 33.1 Å². The largest absolute Gasteiger partial charge is 0.496 e. The van der Waals surface area contributed by atoms with Crippen molar-refractivity contribution < 1.29 is 23.4 Å². The lowest BCUT2D eigenvalue weighted by molar-refractivity contribution is -0.131. The van der Waals surface area contributed by atoms with Gasteiger partial charge in [-0.1, -0.05) is 18.2 Å². The molecule has 5 nitrogen and oxygen atoms in total. The van der Waals surface area contributed by atoms with Crippen molar-refractivity contribution in [2.75, 3.05) is 20.2 Å². The second kappa shape index (κ2) is 8.39. The van der Waals surface area contributed by atoms with Crippen molar-refractivity contribution in [3.8, 4) is 5.75 Å². The van der Waals surface area contributed by atoms with Crippen LogP contribution in [0.5, 0.6) is 5.75 Å². The number of hydrogen-bond donors (Lipinski definition) is 2. The number of carbonyl (C=O) groups is 1. The number of benzene rings is 2. The minimum absolute atomic E-state index is 0.121. The molecule has 1 aromatic heterocycles. The predicted molar refractivity (Wildman–Crippen MR) is 120 cm³/mol. The van der Waals surface area contributed by atoms with E-state index in [0.717, 1.165) is 34.7 Å². The van der Waals surface area contributed by atoms with E-state index in [4.69, 9.17) is 9.84 Å². The molecular weight excluding hydrogens is 414 g/mol. The summed E-state index contributed by atoms with van der Waals surface area (Å²) in [5, 5.41) is 9.97. The van der Waals surface area contributed by atoms with Crippen LogP contribution < -0.4 is 4.74 Å². The topological polar surface area (TPSA) is 65.6 Å². The van der Waals surface area contributed by atoms with Crippen LogP contribution in [0.25, 0.3) is 17.0 Å². The van der Waals surface area contributed by atoms with Crippen LogP contribution in [0.1, 0.15) is 42.3 Å². The van der Waals surface area contributed by atoms with Gasteiger partial charge >= 0.3 is 5.97 Å². The molecule has 0 aliphatic carbocycles. The second-order valence-electron chi connectivity index (χ2n) is 8.69. The lowest BCUT2D eigenvalue weighted by atomic mass is 9.90. The smallest absolute Gasteiger partial charge is 0.328 e. The Hall–Kier alpha value is -3.19. The Balaban J connectivity index is 1.91. The molecule has 3 aromatic rings. The molecule has 2 heterocycles. The number of para-hydroxylation sites is 1. The minimum atomic E-state index is -1.48. The summed E-state index contributed by atoms with van der Waals surface area (Å²) in [6, 6.07) is 10.2. The fourth-order valence-corrected chi connectivity index (χ4v) is 4.58. The van der Waals surface area contributed by atoms with Gasteiger partial charge in [-0.15, -0.1) is 0 Å². The third kappa shape index (κ3) is 4.25. The van der Waals surface area contributed by atoms with Gasteiger partial charge in [-0.2, -0.15) is 0 Å². The van der Waals surface area contributed by atoms with E-state index in [2.05, 4.69) is 4.98 Å². The normalized spacial score (nSPS) is 17.1. The maximum atomic E-state index is 15.6. The molecule has 0 saturated heterocycles. The average molecular weight is 440 g/mol. The molecule has 7 heteroatoms. The van der Waals surface area contributed by atoms with Crippen LogP contribution in [0.3, 0.4) is 0 Å². The zero-order chi connectivity index (χ0) is 23.0. The highest BCUT2D eigenvalue weighted by Crippen LogP contribution is 2.43. The van der Waals surface area contributed by atoms with Crippen LogP contribution in [0.2, 0.25) is 0 Å². The van der Waals surface area contributed by atoms with Gasteiger partial charge < -0.3 is 14.8 Å². The van der Waals surface area contributed by atoms with Gasteiger partial charge in [0, 0.05) is 35.8 Å². The van der Waals surface area contributed by atoms with Crippen molar-refractivity contribution in [2.45, 2.75) is 32.0 Å². The van der Waals surface area contributed by atoms with Gasteiger partial charge in [-0.25, -0.2) is 13.6 Å². The summed E-state index contributed by atoms with van der Waals surface area (Å²) in [5.41, 5.74) is 2.06. The second-order valence-corrected chi connectivity index (χ2v) is 8.69. The van der Waals surface area contributed by atoms with Gasteiger partial charge in [0.25, 0.3) is 0 Å². The number of alkyl halides is 1. The quantitative estimate of drug-likeness (QED) is 0.523. The summed E-state index contributed by atoms with van der Waals surface area (Å²) >= 11 is 0. The summed E-state index contributed by atoms with van der Waals surface area (Å²) in [6.07, 6.45) is 2.98. The molecule has 0 bridgehead atoms. The van der Waals surface area contributed by atoms with E-state index in [9.17, 15) is 9.18 Å². The number of aliphatic carboxylic acids is 1. The Morgan fingerprint density at radius 1 is 1.34 bits per heavy atom. The molecule has 1 aliphatic heterocycles. The van der Waals surface area contributed by atoms with Crippen LogP contribution in [0, 0.1) is 5.82 Å². The number of carboxylic acid groups (broad SMARTS) is 1. The van der Waals surface area contributed by atoms with E-state index >= 15 is 4.39 Å². The van der Waals surface area contributed by atoms with Crippen molar-refractivity contribution in [1.82, 2.24) is 9.88 Å². The molecule has 0 spiro atoms. The van der Waals surface area contributed by atoms with E-state index < -0.39 is 23.5 Å². The van der Waals surface area contributed by atoms with Crippen LogP contribution in [-0.4, -0.2) is 46.8 Å². The molecule has 0 amide bonds. The Morgan fingerprint density at radius 3 is 2.78 bits per heavy atom. The molecular formula is C25H26F2N2O3. The number of hydrogen-bond acceptors (Lipinski definition) is 3. The first-order valence-corrected chi connectivity index (χ1v) is 10.5. The SMILES string of the molecule is COc1cc(/C=C/C(=O)O)cc(F)c1C1c2[nH]c3ccccc3c2CCN1CC(C)(C)F.